The largest absolute Gasteiger partial charge is 0.369 e. The average Bonchev–Trinajstić information content (AvgIpc) is 2.36. The fourth-order valence-corrected chi connectivity index (χ4v) is 1.80. The number of amides is 1. The topological polar surface area (TPSA) is 60.2 Å². The Bertz CT molecular complexity index is 584. The maximum atomic E-state index is 12.1. The lowest BCUT2D eigenvalue weighted by Crippen LogP contribution is -2.27. The van der Waals surface area contributed by atoms with Crippen LogP contribution in [-0.2, 0) is 4.79 Å². The van der Waals surface area contributed by atoms with Gasteiger partial charge in [0.2, 0.25) is 5.91 Å². The molecule has 1 amide bonds. The first kappa shape index (κ1) is 11.3. The van der Waals surface area contributed by atoms with Crippen molar-refractivity contribution in [3.63, 3.8) is 0 Å². The number of hydrogen-bond acceptors (Lipinski definition) is 2. The smallest absolute Gasteiger partial charge is 0.228 e. The van der Waals surface area contributed by atoms with Crippen molar-refractivity contribution in [3.05, 3.63) is 48.0 Å². The van der Waals surface area contributed by atoms with Crippen molar-refractivity contribution in [2.24, 2.45) is 11.7 Å². The predicted molar refractivity (Wildman–Crippen MR) is 66.6 cm³/mol. The van der Waals surface area contributed by atoms with Crippen LogP contribution in [0.2, 0.25) is 0 Å². The third-order valence-electron chi connectivity index (χ3n) is 2.88. The van der Waals surface area contributed by atoms with E-state index in [4.69, 9.17) is 5.73 Å². The summed E-state index contributed by atoms with van der Waals surface area (Å²) in [6.07, 6.45) is 0. The maximum Gasteiger partial charge on any atom is 0.228 e. The van der Waals surface area contributed by atoms with E-state index in [2.05, 4.69) is 0 Å². The van der Waals surface area contributed by atoms with E-state index in [1.54, 1.807) is 6.07 Å². The lowest BCUT2D eigenvalue weighted by Gasteiger charge is -2.09. The molecule has 2 aromatic carbocycles. The molecule has 0 aliphatic heterocycles. The zero-order chi connectivity index (χ0) is 12.4. The van der Waals surface area contributed by atoms with E-state index in [0.29, 0.717) is 5.56 Å². The first-order valence-electron chi connectivity index (χ1n) is 5.42. The second-order valence-electron chi connectivity index (χ2n) is 4.02. The molecule has 0 saturated carbocycles. The van der Waals surface area contributed by atoms with Gasteiger partial charge in [0.1, 0.15) is 0 Å². The average molecular weight is 227 g/mol. The molecule has 0 fully saturated rings. The van der Waals surface area contributed by atoms with Gasteiger partial charge in [0.05, 0.1) is 5.92 Å². The van der Waals surface area contributed by atoms with E-state index in [0.717, 1.165) is 10.8 Å². The van der Waals surface area contributed by atoms with Crippen LogP contribution in [0.3, 0.4) is 0 Å². The second-order valence-corrected chi connectivity index (χ2v) is 4.02. The van der Waals surface area contributed by atoms with Gasteiger partial charge in [-0.3, -0.25) is 9.59 Å². The minimum absolute atomic E-state index is 0.227. The number of ketones is 1. The molecule has 1 unspecified atom stereocenters. The molecule has 2 N–H and O–H groups in total. The van der Waals surface area contributed by atoms with Crippen molar-refractivity contribution in [2.45, 2.75) is 6.92 Å². The second kappa shape index (κ2) is 4.37. The Morgan fingerprint density at radius 1 is 1.06 bits per heavy atom. The quantitative estimate of drug-likeness (QED) is 0.645. The highest BCUT2D eigenvalue weighted by Gasteiger charge is 2.21. The van der Waals surface area contributed by atoms with E-state index >= 15 is 0 Å². The van der Waals surface area contributed by atoms with Crippen LogP contribution in [-0.4, -0.2) is 11.7 Å². The van der Waals surface area contributed by atoms with Crippen LogP contribution in [0.25, 0.3) is 10.8 Å². The van der Waals surface area contributed by atoms with Crippen LogP contribution in [0.5, 0.6) is 0 Å². The van der Waals surface area contributed by atoms with E-state index in [9.17, 15) is 9.59 Å². The Labute approximate surface area is 99.2 Å². The van der Waals surface area contributed by atoms with Crippen molar-refractivity contribution in [3.8, 4) is 0 Å². The molecule has 3 heteroatoms. The Morgan fingerprint density at radius 2 is 1.71 bits per heavy atom. The molecule has 86 valence electrons. The van der Waals surface area contributed by atoms with Gasteiger partial charge in [-0.1, -0.05) is 42.5 Å². The van der Waals surface area contributed by atoms with Gasteiger partial charge in [-0.25, -0.2) is 0 Å². The molecule has 0 spiro atoms. The molecule has 0 aromatic heterocycles. The Balaban J connectivity index is 2.56. The molecule has 17 heavy (non-hydrogen) atoms. The van der Waals surface area contributed by atoms with Crippen LogP contribution in [0, 0.1) is 5.92 Å². The van der Waals surface area contributed by atoms with Gasteiger partial charge in [0.15, 0.2) is 5.78 Å². The number of hydrogen-bond donors (Lipinski definition) is 1. The molecule has 1 atom stereocenters. The number of nitrogens with two attached hydrogens (primary N) is 1. The normalized spacial score (nSPS) is 12.3. The monoisotopic (exact) mass is 227 g/mol. The number of benzene rings is 2. The third-order valence-corrected chi connectivity index (χ3v) is 2.88. The van der Waals surface area contributed by atoms with Gasteiger partial charge in [-0.15, -0.1) is 0 Å². The number of fused-ring (bicyclic) bond motifs is 1. The van der Waals surface area contributed by atoms with Crippen molar-refractivity contribution in [1.82, 2.24) is 0 Å². The molecular formula is C14H13NO2. The van der Waals surface area contributed by atoms with Crippen LogP contribution in [0.15, 0.2) is 42.5 Å². The Hall–Kier alpha value is -2.16. The summed E-state index contributed by atoms with van der Waals surface area (Å²) in [7, 11) is 0. The minimum Gasteiger partial charge on any atom is -0.369 e. The first-order valence-corrected chi connectivity index (χ1v) is 5.42. The fraction of sp³-hybridized carbons (Fsp3) is 0.143. The summed E-state index contributed by atoms with van der Waals surface area (Å²) in [6.45, 7) is 1.53. The zero-order valence-electron chi connectivity index (χ0n) is 9.51. The van der Waals surface area contributed by atoms with Crippen molar-refractivity contribution in [2.75, 3.05) is 0 Å². The molecular weight excluding hydrogens is 214 g/mol. The predicted octanol–water partition coefficient (Wildman–Crippen LogP) is 2.14. The zero-order valence-corrected chi connectivity index (χ0v) is 9.51. The van der Waals surface area contributed by atoms with Crippen LogP contribution < -0.4 is 5.73 Å². The highest BCUT2D eigenvalue weighted by molar-refractivity contribution is 6.15. The SMILES string of the molecule is CC(C(N)=O)C(=O)c1cccc2ccccc12. The first-order chi connectivity index (χ1) is 8.11. The van der Waals surface area contributed by atoms with Crippen LogP contribution in [0.1, 0.15) is 17.3 Å². The van der Waals surface area contributed by atoms with Crippen LogP contribution in [0.4, 0.5) is 0 Å². The highest BCUT2D eigenvalue weighted by atomic mass is 16.2. The fourth-order valence-electron chi connectivity index (χ4n) is 1.80. The van der Waals surface area contributed by atoms with Gasteiger partial charge in [0.25, 0.3) is 0 Å². The van der Waals surface area contributed by atoms with Gasteiger partial charge < -0.3 is 5.73 Å². The lowest BCUT2D eigenvalue weighted by molar-refractivity contribution is -0.119. The minimum atomic E-state index is -0.791. The van der Waals surface area contributed by atoms with Crippen molar-refractivity contribution >= 4 is 22.5 Å². The molecule has 0 saturated heterocycles. The van der Waals surface area contributed by atoms with Crippen molar-refractivity contribution in [1.29, 1.82) is 0 Å². The molecule has 0 aliphatic carbocycles. The standard InChI is InChI=1S/C14H13NO2/c1-9(14(15)17)13(16)12-8-4-6-10-5-2-3-7-11(10)12/h2-9H,1H3,(H2,15,17). The van der Waals surface area contributed by atoms with Gasteiger partial charge in [-0.2, -0.15) is 0 Å². The summed E-state index contributed by atoms with van der Waals surface area (Å²) in [6, 6.07) is 13.0. The summed E-state index contributed by atoms with van der Waals surface area (Å²) in [5, 5.41) is 1.84. The van der Waals surface area contributed by atoms with Crippen molar-refractivity contribution < 1.29 is 9.59 Å². The summed E-state index contributed by atoms with van der Waals surface area (Å²) in [4.78, 5) is 23.2. The molecule has 2 aromatic rings. The molecule has 0 aliphatic rings. The highest BCUT2D eigenvalue weighted by Crippen LogP contribution is 2.21. The third kappa shape index (κ3) is 2.04. The van der Waals surface area contributed by atoms with E-state index in [-0.39, 0.29) is 5.78 Å². The number of rotatable bonds is 3. The maximum absolute atomic E-state index is 12.1. The molecule has 2 rings (SSSR count). The van der Waals surface area contributed by atoms with Gasteiger partial charge >= 0.3 is 0 Å². The van der Waals surface area contributed by atoms with Gasteiger partial charge in [-0.05, 0) is 17.7 Å². The van der Waals surface area contributed by atoms with E-state index in [1.807, 2.05) is 36.4 Å². The summed E-state index contributed by atoms with van der Waals surface area (Å²) in [5.41, 5.74) is 5.71. The van der Waals surface area contributed by atoms with E-state index in [1.165, 1.54) is 6.92 Å². The summed E-state index contributed by atoms with van der Waals surface area (Å²) >= 11 is 0. The lowest BCUT2D eigenvalue weighted by atomic mass is 9.94. The molecule has 0 heterocycles. The Morgan fingerprint density at radius 3 is 2.41 bits per heavy atom. The number of primary amides is 1. The van der Waals surface area contributed by atoms with E-state index < -0.39 is 11.8 Å². The van der Waals surface area contributed by atoms with Gasteiger partial charge in [0, 0.05) is 5.56 Å². The number of carbonyl (C=O) groups is 2. The number of carbonyl (C=O) groups excluding carboxylic acids is 2. The summed E-state index contributed by atoms with van der Waals surface area (Å²) in [5.74, 6) is -1.61. The number of Topliss-reactive ketones (excluding diaryl/α,β-unsaturated/α-hetero) is 1. The molecule has 0 bridgehead atoms. The molecule has 0 radical (unpaired) electrons. The van der Waals surface area contributed by atoms with Crippen LogP contribution >= 0.6 is 0 Å². The molecule has 3 nitrogen and oxygen atoms in total. The Kier molecular flexibility index (Phi) is 2.91. The summed E-state index contributed by atoms with van der Waals surface area (Å²) < 4.78 is 0.